The van der Waals surface area contributed by atoms with E-state index in [9.17, 15) is 13.2 Å². The van der Waals surface area contributed by atoms with Gasteiger partial charge in [0.05, 0.1) is 30.5 Å². The van der Waals surface area contributed by atoms with Crippen LogP contribution in [0, 0.1) is 0 Å². The third-order valence-electron chi connectivity index (χ3n) is 3.95. The number of anilines is 2. The van der Waals surface area contributed by atoms with Crippen LogP contribution in [0.1, 0.15) is 16.9 Å². The molecule has 1 amide bonds. The number of rotatable bonds is 5. The Hall–Kier alpha value is -2.61. The van der Waals surface area contributed by atoms with Gasteiger partial charge in [0.1, 0.15) is 11.4 Å². The van der Waals surface area contributed by atoms with Crippen molar-refractivity contribution in [2.45, 2.75) is 12.5 Å². The van der Waals surface area contributed by atoms with Crippen LogP contribution >= 0.6 is 0 Å². The van der Waals surface area contributed by atoms with E-state index in [1.54, 1.807) is 43.5 Å². The summed E-state index contributed by atoms with van der Waals surface area (Å²) in [6.45, 7) is 0. The normalized spacial score (nSPS) is 18.5. The van der Waals surface area contributed by atoms with Crippen LogP contribution in [-0.2, 0) is 9.84 Å². The Labute approximate surface area is 146 Å². The number of benzene rings is 1. The number of amides is 1. The van der Waals surface area contributed by atoms with Crippen LogP contribution in [0.2, 0.25) is 0 Å². The average Bonchev–Trinajstić information content (AvgIpc) is 2.94. The van der Waals surface area contributed by atoms with E-state index < -0.39 is 9.84 Å². The van der Waals surface area contributed by atoms with E-state index in [1.165, 1.54) is 6.20 Å². The van der Waals surface area contributed by atoms with Gasteiger partial charge in [-0.2, -0.15) is 0 Å². The van der Waals surface area contributed by atoms with Gasteiger partial charge in [0.15, 0.2) is 9.84 Å². The number of ether oxygens (including phenoxy) is 1. The van der Waals surface area contributed by atoms with Gasteiger partial charge in [-0.15, -0.1) is 0 Å². The van der Waals surface area contributed by atoms with Crippen LogP contribution in [-0.4, -0.2) is 44.0 Å². The summed E-state index contributed by atoms with van der Waals surface area (Å²) in [5, 5.41) is 5.89. The number of sulfone groups is 1. The Bertz CT molecular complexity index is 848. The minimum absolute atomic E-state index is 0.106. The highest BCUT2D eigenvalue weighted by atomic mass is 32.2. The highest BCUT2D eigenvalue weighted by Crippen LogP contribution is 2.18. The van der Waals surface area contributed by atoms with Crippen molar-refractivity contribution in [3.8, 4) is 5.75 Å². The molecule has 7 nitrogen and oxygen atoms in total. The predicted octanol–water partition coefficient (Wildman–Crippen LogP) is 1.94. The van der Waals surface area contributed by atoms with Crippen molar-refractivity contribution in [3.63, 3.8) is 0 Å². The summed E-state index contributed by atoms with van der Waals surface area (Å²) < 4.78 is 28.0. The van der Waals surface area contributed by atoms with Crippen molar-refractivity contribution < 1.29 is 17.9 Å². The quantitative estimate of drug-likeness (QED) is 0.845. The van der Waals surface area contributed by atoms with Gasteiger partial charge >= 0.3 is 0 Å². The van der Waals surface area contributed by atoms with Crippen molar-refractivity contribution in [2.24, 2.45) is 0 Å². The summed E-state index contributed by atoms with van der Waals surface area (Å²) in [4.78, 5) is 16.3. The fourth-order valence-corrected chi connectivity index (χ4v) is 4.30. The van der Waals surface area contributed by atoms with Crippen molar-refractivity contribution in [3.05, 3.63) is 48.3 Å². The minimum atomic E-state index is -2.93. The van der Waals surface area contributed by atoms with Crippen LogP contribution in [0.4, 0.5) is 11.4 Å². The van der Waals surface area contributed by atoms with E-state index in [2.05, 4.69) is 15.6 Å². The SMILES string of the molecule is COc1ccc(NC(=O)c2ccc(NC3CCS(=O)(=O)C3)cn2)cc1. The number of pyridine rings is 1. The third-order valence-corrected chi connectivity index (χ3v) is 5.72. The van der Waals surface area contributed by atoms with Gasteiger partial charge in [-0.05, 0) is 42.8 Å². The Morgan fingerprint density at radius 1 is 1.16 bits per heavy atom. The second-order valence-corrected chi connectivity index (χ2v) is 8.09. The van der Waals surface area contributed by atoms with Gasteiger partial charge in [0.2, 0.25) is 0 Å². The number of hydrogen-bond donors (Lipinski definition) is 2. The van der Waals surface area contributed by atoms with Crippen molar-refractivity contribution in [2.75, 3.05) is 29.2 Å². The summed E-state index contributed by atoms with van der Waals surface area (Å²) in [7, 11) is -1.36. The predicted molar refractivity (Wildman–Crippen MR) is 95.9 cm³/mol. The molecule has 1 fully saturated rings. The molecule has 0 aliphatic carbocycles. The van der Waals surface area contributed by atoms with E-state index in [1.807, 2.05) is 0 Å². The first kappa shape index (κ1) is 17.2. The van der Waals surface area contributed by atoms with Gasteiger partial charge in [0, 0.05) is 11.7 Å². The molecule has 1 saturated heterocycles. The first-order valence-corrected chi connectivity index (χ1v) is 9.66. The molecule has 25 heavy (non-hydrogen) atoms. The summed E-state index contributed by atoms with van der Waals surface area (Å²) in [6, 6.07) is 10.2. The Balaban J connectivity index is 1.60. The van der Waals surface area contributed by atoms with E-state index in [4.69, 9.17) is 4.74 Å². The fourth-order valence-electron chi connectivity index (χ4n) is 2.63. The molecule has 1 atom stereocenters. The molecule has 1 aromatic carbocycles. The zero-order valence-electron chi connectivity index (χ0n) is 13.7. The number of aromatic nitrogens is 1. The van der Waals surface area contributed by atoms with Crippen LogP contribution in [0.15, 0.2) is 42.6 Å². The molecule has 0 saturated carbocycles. The molecular formula is C17H19N3O4S. The summed E-state index contributed by atoms with van der Waals surface area (Å²) in [5.41, 5.74) is 1.62. The van der Waals surface area contributed by atoms with Gasteiger partial charge in [-0.1, -0.05) is 0 Å². The third kappa shape index (κ3) is 4.48. The highest BCUT2D eigenvalue weighted by Gasteiger charge is 2.27. The molecule has 1 aliphatic rings. The smallest absolute Gasteiger partial charge is 0.274 e. The maximum atomic E-state index is 12.2. The Morgan fingerprint density at radius 2 is 1.88 bits per heavy atom. The molecule has 1 unspecified atom stereocenters. The molecule has 0 bridgehead atoms. The van der Waals surface area contributed by atoms with Gasteiger partial charge in [0.25, 0.3) is 5.91 Å². The van der Waals surface area contributed by atoms with Crippen LogP contribution in [0.25, 0.3) is 0 Å². The topological polar surface area (TPSA) is 97.4 Å². The second-order valence-electron chi connectivity index (χ2n) is 5.86. The summed E-state index contributed by atoms with van der Waals surface area (Å²) in [6.07, 6.45) is 2.12. The highest BCUT2D eigenvalue weighted by molar-refractivity contribution is 7.91. The van der Waals surface area contributed by atoms with E-state index in [-0.39, 0.29) is 29.1 Å². The lowest BCUT2D eigenvalue weighted by molar-refractivity contribution is 0.102. The molecule has 1 aromatic heterocycles. The summed E-state index contributed by atoms with van der Waals surface area (Å²) >= 11 is 0. The number of carbonyl (C=O) groups excluding carboxylic acids is 1. The zero-order valence-corrected chi connectivity index (χ0v) is 14.5. The molecule has 2 aromatic rings. The van der Waals surface area contributed by atoms with Crippen LogP contribution in [0.3, 0.4) is 0 Å². The Kier molecular flexibility index (Phi) is 4.89. The maximum absolute atomic E-state index is 12.2. The standard InChI is InChI=1S/C17H19N3O4S/c1-24-15-5-2-12(3-6-15)20-17(21)16-7-4-13(10-18-16)19-14-8-9-25(22,23)11-14/h2-7,10,14,19H,8-9,11H2,1H3,(H,20,21). The molecule has 132 valence electrons. The lowest BCUT2D eigenvalue weighted by atomic mass is 10.2. The number of nitrogens with one attached hydrogen (secondary N) is 2. The van der Waals surface area contributed by atoms with Gasteiger partial charge in [-0.25, -0.2) is 13.4 Å². The second kappa shape index (κ2) is 7.10. The van der Waals surface area contributed by atoms with Gasteiger partial charge in [-0.3, -0.25) is 4.79 Å². The average molecular weight is 361 g/mol. The van der Waals surface area contributed by atoms with Crippen LogP contribution in [0.5, 0.6) is 5.75 Å². The first-order valence-electron chi connectivity index (χ1n) is 7.83. The van der Waals surface area contributed by atoms with Crippen molar-refractivity contribution >= 4 is 27.1 Å². The molecule has 1 aliphatic heterocycles. The number of methoxy groups -OCH3 is 1. The van der Waals surface area contributed by atoms with E-state index >= 15 is 0 Å². The molecule has 8 heteroatoms. The maximum Gasteiger partial charge on any atom is 0.274 e. The number of hydrogen-bond acceptors (Lipinski definition) is 6. The molecule has 3 rings (SSSR count). The van der Waals surface area contributed by atoms with Gasteiger partial charge < -0.3 is 15.4 Å². The fraction of sp³-hybridized carbons (Fsp3) is 0.294. The largest absolute Gasteiger partial charge is 0.497 e. The van der Waals surface area contributed by atoms with Crippen molar-refractivity contribution in [1.29, 1.82) is 0 Å². The minimum Gasteiger partial charge on any atom is -0.497 e. The van der Waals surface area contributed by atoms with E-state index in [0.29, 0.717) is 23.5 Å². The molecule has 0 spiro atoms. The molecule has 0 radical (unpaired) electrons. The van der Waals surface area contributed by atoms with E-state index in [0.717, 1.165) is 0 Å². The number of carbonyl (C=O) groups is 1. The lowest BCUT2D eigenvalue weighted by Crippen LogP contribution is -2.21. The lowest BCUT2D eigenvalue weighted by Gasteiger charge is -2.12. The zero-order chi connectivity index (χ0) is 17.9. The summed E-state index contributed by atoms with van der Waals surface area (Å²) in [5.74, 6) is 0.730. The van der Waals surface area contributed by atoms with Crippen LogP contribution < -0.4 is 15.4 Å². The monoisotopic (exact) mass is 361 g/mol. The molecule has 2 heterocycles. The molecular weight excluding hydrogens is 342 g/mol. The number of nitrogens with zero attached hydrogens (tertiary/aromatic N) is 1. The molecule has 2 N–H and O–H groups in total. The first-order chi connectivity index (χ1) is 11.9. The van der Waals surface area contributed by atoms with Crippen molar-refractivity contribution in [1.82, 2.24) is 4.98 Å². The Morgan fingerprint density at radius 3 is 2.44 bits per heavy atom.